The van der Waals surface area contributed by atoms with E-state index in [1.807, 2.05) is 6.92 Å². The van der Waals surface area contributed by atoms with Crippen LogP contribution in [0.2, 0.25) is 0 Å². The Balaban J connectivity index is 0.00000231. The lowest BCUT2D eigenvalue weighted by molar-refractivity contribution is -0.139. The molecule has 2 aliphatic heterocycles. The zero-order valence-corrected chi connectivity index (χ0v) is 25.3. The summed E-state index contributed by atoms with van der Waals surface area (Å²) in [7, 11) is 3.17. The largest absolute Gasteiger partial charge is 0.481 e. The number of piperazine rings is 2. The van der Waals surface area contributed by atoms with E-state index in [4.69, 9.17) is 9.47 Å². The molecule has 3 heterocycles. The van der Waals surface area contributed by atoms with Gasteiger partial charge in [0.2, 0.25) is 11.8 Å². The number of aliphatic hydroxyl groups excluding tert-OH is 1. The third-order valence-electron chi connectivity index (χ3n) is 7.97. The fraction of sp³-hybridized carbons (Fsp3) is 0.433. The van der Waals surface area contributed by atoms with Crippen LogP contribution in [0.5, 0.6) is 11.9 Å². The van der Waals surface area contributed by atoms with Crippen molar-refractivity contribution in [1.29, 1.82) is 0 Å². The molecule has 11 heteroatoms. The van der Waals surface area contributed by atoms with Gasteiger partial charge in [0.15, 0.2) is 0 Å². The molecule has 41 heavy (non-hydrogen) atoms. The van der Waals surface area contributed by atoms with Crippen LogP contribution in [0.3, 0.4) is 0 Å². The molecule has 3 aromatic rings. The van der Waals surface area contributed by atoms with Crippen molar-refractivity contribution in [3.8, 4) is 11.9 Å². The summed E-state index contributed by atoms with van der Waals surface area (Å²) in [6, 6.07) is 21.9. The maximum atomic E-state index is 12.5. The number of nitrogens with zero attached hydrogens (tertiary/aromatic N) is 5. The van der Waals surface area contributed by atoms with Crippen molar-refractivity contribution in [3.05, 3.63) is 83.0 Å². The molecule has 0 aliphatic carbocycles. The first-order valence-electron chi connectivity index (χ1n) is 13.4. The van der Waals surface area contributed by atoms with Crippen LogP contribution in [0.4, 0.5) is 0 Å². The number of hydrogen-bond donors (Lipinski definition) is 1. The molecule has 5 rings (SSSR count). The molecule has 222 valence electrons. The fourth-order valence-corrected chi connectivity index (χ4v) is 6.13. The van der Waals surface area contributed by atoms with E-state index in [0.29, 0.717) is 25.5 Å². The monoisotopic (exact) mass is 603 g/mol. The molecule has 0 bridgehead atoms. The van der Waals surface area contributed by atoms with Gasteiger partial charge >= 0.3 is 6.01 Å². The fourth-order valence-electron chi connectivity index (χ4n) is 6.13. The zero-order valence-electron chi connectivity index (χ0n) is 23.7. The number of halogens is 2. The third kappa shape index (κ3) is 7.10. The number of aliphatic hydroxyl groups is 1. The lowest BCUT2D eigenvalue weighted by Gasteiger charge is -2.53. The van der Waals surface area contributed by atoms with Gasteiger partial charge in [-0.05, 0) is 18.1 Å². The first-order valence-corrected chi connectivity index (χ1v) is 13.4. The van der Waals surface area contributed by atoms with Gasteiger partial charge in [-0.3, -0.25) is 14.6 Å². The Morgan fingerprint density at radius 3 is 2.12 bits per heavy atom. The summed E-state index contributed by atoms with van der Waals surface area (Å²) in [4.78, 5) is 28.2. The number of carbonyl (C=O) groups is 1. The topological polar surface area (TPSA) is 91.3 Å². The summed E-state index contributed by atoms with van der Waals surface area (Å²) < 4.78 is 10.9. The smallest absolute Gasteiger partial charge is 0.319 e. The molecule has 0 unspecified atom stereocenters. The van der Waals surface area contributed by atoms with Crippen LogP contribution >= 0.6 is 24.8 Å². The number of aromatic nitrogens is 2. The highest BCUT2D eigenvalue weighted by molar-refractivity contribution is 5.85. The maximum absolute atomic E-state index is 12.5. The van der Waals surface area contributed by atoms with E-state index < -0.39 is 6.61 Å². The third-order valence-corrected chi connectivity index (χ3v) is 7.97. The van der Waals surface area contributed by atoms with Crippen molar-refractivity contribution >= 4 is 30.7 Å². The molecule has 9 nitrogen and oxygen atoms in total. The highest BCUT2D eigenvalue weighted by Gasteiger charge is 2.43. The van der Waals surface area contributed by atoms with Crippen molar-refractivity contribution in [2.24, 2.45) is 0 Å². The Hall–Kier alpha value is -2.95. The van der Waals surface area contributed by atoms with Crippen LogP contribution in [0, 0.1) is 6.92 Å². The van der Waals surface area contributed by atoms with Crippen LogP contribution < -0.4 is 9.47 Å². The van der Waals surface area contributed by atoms with Gasteiger partial charge < -0.3 is 19.5 Å². The Bertz CT molecular complexity index is 1230. The van der Waals surface area contributed by atoms with Crippen LogP contribution in [-0.4, -0.2) is 101 Å². The molecule has 1 amide bonds. The summed E-state index contributed by atoms with van der Waals surface area (Å²) in [5.41, 5.74) is 4.29. The molecule has 2 saturated heterocycles. The Kier molecular flexibility index (Phi) is 11.7. The SMILES string of the molecule is COc1nc(C)c(CN2C[C@@H]3CN(C(=O)CO)CCN3[C@H](C(c3ccccc3)c3ccccc3)C2)c(OC)n1.Cl.Cl. The number of aryl methyl sites for hydroxylation is 1. The van der Waals surface area contributed by atoms with Crippen molar-refractivity contribution < 1.29 is 19.4 Å². The van der Waals surface area contributed by atoms with Crippen molar-refractivity contribution in [2.75, 3.05) is 53.6 Å². The van der Waals surface area contributed by atoms with Gasteiger partial charge in [-0.2, -0.15) is 9.97 Å². The Morgan fingerprint density at radius 1 is 0.927 bits per heavy atom. The standard InChI is InChI=1S/C30H37N5O4.2ClH/c1-21-25(29(38-2)32-30(31-21)39-3)18-33-16-24-17-34(27(37)20-36)14-15-35(24)26(19-33)28(22-10-6-4-7-11-22)23-12-8-5-9-13-23;;/h4-13,24,26,28,36H,14-20H2,1-3H3;2*1H/t24-,26+;;/m1../s1. The van der Waals surface area contributed by atoms with Crippen LogP contribution in [0.15, 0.2) is 60.7 Å². The molecule has 0 radical (unpaired) electrons. The summed E-state index contributed by atoms with van der Waals surface area (Å²) >= 11 is 0. The molecule has 0 saturated carbocycles. The minimum Gasteiger partial charge on any atom is -0.481 e. The van der Waals surface area contributed by atoms with Gasteiger partial charge in [-0.25, -0.2) is 0 Å². The average molecular weight is 605 g/mol. The molecule has 2 atom stereocenters. The molecule has 1 aromatic heterocycles. The van der Waals surface area contributed by atoms with E-state index in [0.717, 1.165) is 30.9 Å². The van der Waals surface area contributed by atoms with Gasteiger partial charge in [-0.1, -0.05) is 60.7 Å². The van der Waals surface area contributed by atoms with Gasteiger partial charge in [0.05, 0.1) is 19.9 Å². The highest BCUT2D eigenvalue weighted by Crippen LogP contribution is 2.36. The number of carbonyl (C=O) groups excluding carboxylic acids is 1. The molecule has 2 fully saturated rings. The second-order valence-corrected chi connectivity index (χ2v) is 10.2. The molecular formula is C30H39Cl2N5O4. The van der Waals surface area contributed by atoms with Crippen molar-refractivity contribution in [3.63, 3.8) is 0 Å². The number of amides is 1. The number of hydrogen-bond acceptors (Lipinski definition) is 8. The predicted octanol–water partition coefficient (Wildman–Crippen LogP) is 3.17. The number of benzene rings is 2. The maximum Gasteiger partial charge on any atom is 0.319 e. The molecule has 1 N–H and O–H groups in total. The summed E-state index contributed by atoms with van der Waals surface area (Å²) in [6.07, 6.45) is 0. The van der Waals surface area contributed by atoms with Gasteiger partial charge in [0.25, 0.3) is 0 Å². The van der Waals surface area contributed by atoms with Gasteiger partial charge in [0, 0.05) is 62.8 Å². The van der Waals surface area contributed by atoms with Crippen molar-refractivity contribution in [2.45, 2.75) is 31.5 Å². The van der Waals surface area contributed by atoms with E-state index in [1.165, 1.54) is 11.1 Å². The summed E-state index contributed by atoms with van der Waals surface area (Å²) in [6.45, 7) is 5.66. The Morgan fingerprint density at radius 2 is 1.56 bits per heavy atom. The second kappa shape index (κ2) is 14.8. The van der Waals surface area contributed by atoms with E-state index in [-0.39, 0.29) is 54.7 Å². The summed E-state index contributed by atoms with van der Waals surface area (Å²) in [5.74, 6) is 0.446. The molecule has 0 spiro atoms. The lowest BCUT2D eigenvalue weighted by Crippen LogP contribution is -2.67. The Labute approximate surface area is 254 Å². The molecule has 2 aliphatic rings. The summed E-state index contributed by atoms with van der Waals surface area (Å²) in [5, 5.41) is 9.55. The van der Waals surface area contributed by atoms with E-state index in [9.17, 15) is 9.90 Å². The normalized spacial score (nSPS) is 19.1. The quantitative estimate of drug-likeness (QED) is 0.420. The van der Waals surface area contributed by atoms with Gasteiger partial charge in [0.1, 0.15) is 6.61 Å². The first-order chi connectivity index (χ1) is 19.0. The highest BCUT2D eigenvalue weighted by atomic mass is 35.5. The van der Waals surface area contributed by atoms with Crippen LogP contribution in [-0.2, 0) is 11.3 Å². The van der Waals surface area contributed by atoms with E-state index in [1.54, 1.807) is 19.1 Å². The minimum atomic E-state index is -0.462. The number of ether oxygens (including phenoxy) is 2. The number of methoxy groups -OCH3 is 2. The van der Waals surface area contributed by atoms with Crippen LogP contribution in [0.25, 0.3) is 0 Å². The number of rotatable bonds is 8. The van der Waals surface area contributed by atoms with Crippen molar-refractivity contribution in [1.82, 2.24) is 24.7 Å². The predicted molar refractivity (Wildman–Crippen MR) is 162 cm³/mol. The lowest BCUT2D eigenvalue weighted by atomic mass is 9.81. The second-order valence-electron chi connectivity index (χ2n) is 10.2. The molecule has 2 aromatic carbocycles. The van der Waals surface area contributed by atoms with E-state index in [2.05, 4.69) is 80.4 Å². The number of fused-ring (bicyclic) bond motifs is 1. The molecular weight excluding hydrogens is 565 g/mol. The minimum absolute atomic E-state index is 0. The first kappa shape index (κ1) is 32.6. The zero-order chi connectivity index (χ0) is 27.4. The van der Waals surface area contributed by atoms with Gasteiger partial charge in [-0.15, -0.1) is 24.8 Å². The van der Waals surface area contributed by atoms with Crippen LogP contribution in [0.1, 0.15) is 28.3 Å². The average Bonchev–Trinajstić information content (AvgIpc) is 2.98. The van der Waals surface area contributed by atoms with E-state index >= 15 is 0 Å².